The van der Waals surface area contributed by atoms with Crippen LogP contribution in [-0.4, -0.2) is 18.3 Å². The molecule has 4 nitrogen and oxygen atoms in total. The molecule has 0 saturated carbocycles. The van der Waals surface area contributed by atoms with Gasteiger partial charge in [0.1, 0.15) is 0 Å². The lowest BCUT2D eigenvalue weighted by molar-refractivity contribution is 0.666. The number of aromatic nitrogens is 4. The van der Waals surface area contributed by atoms with E-state index < -0.39 is 0 Å². The number of hydrogen-bond donors (Lipinski definition) is 0. The molecule has 4 aliphatic carbocycles. The Kier molecular flexibility index (Phi) is 14.0. The number of nitrogens with zero attached hydrogens (tertiary/aromatic N) is 4. The minimum absolute atomic E-state index is 0.0999. The summed E-state index contributed by atoms with van der Waals surface area (Å²) >= 11 is 0. The van der Waals surface area contributed by atoms with Gasteiger partial charge in [-0.25, -0.2) is 0 Å². The second-order valence-electron chi connectivity index (χ2n) is 37.0. The molecule has 4 heteroatoms. The van der Waals surface area contributed by atoms with Gasteiger partial charge in [-0.3, -0.25) is 0 Å². The predicted molar refractivity (Wildman–Crippen MR) is 516 cm³/mol. The first-order valence-electron chi connectivity index (χ1n) is 43.3. The minimum atomic E-state index is -0.176. The third-order valence-corrected chi connectivity index (χ3v) is 29.2. The van der Waals surface area contributed by atoms with Crippen LogP contribution < -0.4 is 0 Å². The molecule has 0 aliphatic heterocycles. The molecule has 122 heavy (non-hydrogen) atoms. The van der Waals surface area contributed by atoms with E-state index >= 15 is 0 Å². The smallest absolute Gasteiger partial charge is 0.0547 e. The van der Waals surface area contributed by atoms with Crippen LogP contribution in [0.2, 0.25) is 0 Å². The first-order valence-corrected chi connectivity index (χ1v) is 43.3. The number of fused-ring (bicyclic) bond motifs is 32. The maximum atomic E-state index is 2.51. The number of rotatable bonds is 5. The molecule has 0 spiro atoms. The summed E-state index contributed by atoms with van der Waals surface area (Å²) in [5.41, 5.74) is 38.6. The van der Waals surface area contributed by atoms with E-state index in [4.69, 9.17) is 0 Å². The van der Waals surface area contributed by atoms with E-state index in [2.05, 4.69) is 438 Å². The van der Waals surface area contributed by atoms with Crippen molar-refractivity contribution in [2.24, 2.45) is 0 Å². The zero-order chi connectivity index (χ0) is 81.3. The average Bonchev–Trinajstić information content (AvgIpc) is 1.55. The van der Waals surface area contributed by atoms with Crippen LogP contribution in [0.15, 0.2) is 364 Å². The van der Waals surface area contributed by atoms with Gasteiger partial charge in [-0.2, -0.15) is 0 Å². The lowest BCUT2D eigenvalue weighted by Gasteiger charge is -2.23. The van der Waals surface area contributed by atoms with Crippen LogP contribution in [0.1, 0.15) is 99.9 Å². The van der Waals surface area contributed by atoms with E-state index in [1.165, 1.54) is 253 Å². The van der Waals surface area contributed by atoms with E-state index in [9.17, 15) is 0 Å². The fourth-order valence-electron chi connectivity index (χ4n) is 23.8. The van der Waals surface area contributed by atoms with Gasteiger partial charge in [0.15, 0.2) is 0 Å². The maximum Gasteiger partial charge on any atom is 0.0547 e. The normalized spacial score (nSPS) is 14.7. The second kappa shape index (κ2) is 24.6. The summed E-state index contributed by atoms with van der Waals surface area (Å²) in [5, 5.41) is 20.7. The van der Waals surface area contributed by atoms with Gasteiger partial charge in [-0.1, -0.05) is 286 Å². The lowest BCUT2D eigenvalue weighted by atomic mass is 9.80. The average molecular weight is 1560 g/mol. The molecule has 4 aliphatic rings. The van der Waals surface area contributed by atoms with Crippen molar-refractivity contribution in [2.75, 3.05) is 0 Å². The molecule has 0 saturated heterocycles. The van der Waals surface area contributed by atoms with Crippen LogP contribution in [-0.2, 0) is 21.7 Å². The molecule has 0 N–H and O–H groups in total. The van der Waals surface area contributed by atoms with E-state index in [-0.39, 0.29) is 21.7 Å². The van der Waals surface area contributed by atoms with E-state index in [0.717, 1.165) is 0 Å². The molecule has 4 heterocycles. The van der Waals surface area contributed by atoms with Crippen LogP contribution >= 0.6 is 0 Å². The molecule has 4 aromatic heterocycles. The Labute approximate surface area is 707 Å². The van der Waals surface area contributed by atoms with Gasteiger partial charge in [0.2, 0.25) is 0 Å². The zero-order valence-electron chi connectivity index (χ0n) is 69.4. The Bertz CT molecular complexity index is 8600. The molecular formula is C118H84N4. The van der Waals surface area contributed by atoms with Gasteiger partial charge < -0.3 is 18.3 Å². The van der Waals surface area contributed by atoms with Gasteiger partial charge in [-0.15, -0.1) is 0 Å². The van der Waals surface area contributed by atoms with Crippen molar-refractivity contribution in [1.82, 2.24) is 18.3 Å². The fourth-order valence-corrected chi connectivity index (χ4v) is 23.8. The fraction of sp³-hybridized carbons (Fsp3) is 0.102. The van der Waals surface area contributed by atoms with Crippen molar-refractivity contribution in [1.29, 1.82) is 0 Å². The van der Waals surface area contributed by atoms with E-state index in [0.29, 0.717) is 0 Å². The molecule has 0 amide bonds. The van der Waals surface area contributed by atoms with Gasteiger partial charge in [0.05, 0.1) is 44.1 Å². The molecule has 576 valence electrons. The lowest BCUT2D eigenvalue weighted by Crippen LogP contribution is -2.15. The third-order valence-electron chi connectivity index (χ3n) is 29.2. The quantitative estimate of drug-likeness (QED) is 0.164. The Morgan fingerprint density at radius 2 is 0.434 bits per heavy atom. The third kappa shape index (κ3) is 9.31. The van der Waals surface area contributed by atoms with Crippen molar-refractivity contribution in [2.45, 2.75) is 77.0 Å². The SMILES string of the molecule is CC1(C)c2ccc(-c3ccc4c(c3)c3cc5ccc6c(c5cc3n4-c3ccccc3)C(C)(C)c3ccccc3-6)cc2-c2ccc3cc4c5ccccc5n(-c5ccccc5)c4cc3c21.CC1(C)c2ccccc2-c2ccc3cc4c5ccccc5n(-c5ccc6c(c5)c5cc7ccc8c(c7cc5n6-c5ccccc5)C(C)(C)c5ccccc5-8)c4cc3c21. The Balaban J connectivity index is 0.000000132. The maximum absolute atomic E-state index is 2.51. The van der Waals surface area contributed by atoms with Gasteiger partial charge in [-0.05, 0) is 277 Å². The highest BCUT2D eigenvalue weighted by atomic mass is 15.0. The second-order valence-corrected chi connectivity index (χ2v) is 37.0. The van der Waals surface area contributed by atoms with Crippen molar-refractivity contribution < 1.29 is 0 Å². The minimum Gasteiger partial charge on any atom is -0.309 e. The van der Waals surface area contributed by atoms with Crippen molar-refractivity contribution >= 4 is 130 Å². The summed E-state index contributed by atoms with van der Waals surface area (Å²) in [4.78, 5) is 0. The molecular weight excluding hydrogens is 1470 g/mol. The van der Waals surface area contributed by atoms with Gasteiger partial charge in [0.25, 0.3) is 0 Å². The van der Waals surface area contributed by atoms with Crippen LogP contribution in [0, 0.1) is 0 Å². The van der Waals surface area contributed by atoms with E-state index in [1.54, 1.807) is 0 Å². The van der Waals surface area contributed by atoms with Crippen LogP contribution in [0.3, 0.4) is 0 Å². The standard InChI is InChI=1S/C62H44N2.C56H40N2/c1-61(2)53-21-13-11-19-43(53)45-27-23-40-34-52-51-32-38(26-30-56(51)64(42-17-9-6-10-18-42)58(52)36-47(40)59(45)61)37-25-29-54-49(31-37)46-28-24-39-33-50-44-20-12-14-22-55(44)63(41-15-7-5-8-16-41)57(50)35-48(39)60(46)62(54,3)4;1-55(2)47-19-11-8-16-37(47)40-25-22-33-28-44-39-18-10-13-21-49(39)58(51(44)31-42(33)53(40)55)36-24-27-50-46(30-36)45-29-34-23-26-41-38-17-9-12-20-48(38)56(3,4)54(41)43(34)32-52(45)57(50)35-14-6-5-7-15-35/h5-36H,1-4H3;5-32H,1-4H3. The number of para-hydroxylation sites is 5. The summed E-state index contributed by atoms with van der Waals surface area (Å²) in [6, 6.07) is 137. The Morgan fingerprint density at radius 3 is 0.828 bits per heavy atom. The van der Waals surface area contributed by atoms with Crippen LogP contribution in [0.5, 0.6) is 0 Å². The first-order chi connectivity index (χ1) is 59.5. The van der Waals surface area contributed by atoms with Gasteiger partial charge >= 0.3 is 0 Å². The van der Waals surface area contributed by atoms with Crippen molar-refractivity contribution in [3.8, 4) is 78.4 Å². The molecule has 0 atom stereocenters. The summed E-state index contributed by atoms with van der Waals surface area (Å²) in [7, 11) is 0. The molecule has 19 aromatic carbocycles. The molecule has 0 radical (unpaired) electrons. The molecule has 0 bridgehead atoms. The molecule has 0 unspecified atom stereocenters. The Hall–Kier alpha value is -14.6. The topological polar surface area (TPSA) is 19.7 Å². The summed E-state index contributed by atoms with van der Waals surface area (Å²) in [6.45, 7) is 19.2. The van der Waals surface area contributed by atoms with Gasteiger partial charge in [0, 0.05) is 87.5 Å². The van der Waals surface area contributed by atoms with Crippen LogP contribution in [0.4, 0.5) is 0 Å². The highest BCUT2D eigenvalue weighted by Crippen LogP contribution is 2.58. The zero-order valence-corrected chi connectivity index (χ0v) is 69.4. The summed E-state index contributed by atoms with van der Waals surface area (Å²) in [6.07, 6.45) is 0. The first kappa shape index (κ1) is 69.4. The highest BCUT2D eigenvalue weighted by Gasteiger charge is 2.42. The van der Waals surface area contributed by atoms with Crippen LogP contribution in [0.25, 0.3) is 209 Å². The monoisotopic (exact) mass is 1560 g/mol. The van der Waals surface area contributed by atoms with Crippen molar-refractivity contribution in [3.63, 3.8) is 0 Å². The molecule has 27 rings (SSSR count). The van der Waals surface area contributed by atoms with E-state index in [1.807, 2.05) is 0 Å². The number of benzene rings is 19. The molecule has 0 fully saturated rings. The predicted octanol–water partition coefficient (Wildman–Crippen LogP) is 31.3. The summed E-state index contributed by atoms with van der Waals surface area (Å²) < 4.78 is 9.90. The Morgan fingerprint density at radius 1 is 0.156 bits per heavy atom. The number of hydrogen-bond acceptors (Lipinski definition) is 0. The molecule has 23 aromatic rings. The van der Waals surface area contributed by atoms with Crippen molar-refractivity contribution in [3.05, 3.63) is 408 Å². The largest absolute Gasteiger partial charge is 0.309 e. The highest BCUT2D eigenvalue weighted by molar-refractivity contribution is 6.21. The summed E-state index contributed by atoms with van der Waals surface area (Å²) in [5.74, 6) is 0.